The van der Waals surface area contributed by atoms with Crippen LogP contribution in [-0.2, 0) is 42.0 Å². The number of anilines is 2. The summed E-state index contributed by atoms with van der Waals surface area (Å²) in [4.78, 5) is 16.1. The number of alkyl halides is 9. The largest absolute Gasteiger partial charge is 0.573 e. The normalized spacial score (nSPS) is 17.2. The number of hydrogen-bond donors (Lipinski definition) is 0. The molecule has 1 aliphatic rings. The molecule has 1 fully saturated rings. The van der Waals surface area contributed by atoms with E-state index in [2.05, 4.69) is 20.1 Å². The number of aryl methyl sites for hydroxylation is 1. The topological polar surface area (TPSA) is 85.6 Å². The number of halogens is 9. The van der Waals surface area contributed by atoms with Gasteiger partial charge in [0.2, 0.25) is 0 Å². The van der Waals surface area contributed by atoms with E-state index in [9.17, 15) is 44.3 Å². The quantitative estimate of drug-likeness (QED) is 0.154. The van der Waals surface area contributed by atoms with Gasteiger partial charge in [-0.05, 0) is 91.3 Å². The van der Waals surface area contributed by atoms with Crippen molar-refractivity contribution in [3.8, 4) is 5.75 Å². The van der Waals surface area contributed by atoms with E-state index in [0.29, 0.717) is 56.6 Å². The van der Waals surface area contributed by atoms with Gasteiger partial charge in [-0.15, -0.1) is 18.3 Å². The number of carbonyl (C=O) groups is 1. The molecule has 264 valence electrons. The molecule has 0 radical (unpaired) electrons. The molecule has 18 heteroatoms. The second kappa shape index (κ2) is 14.5. The van der Waals surface area contributed by atoms with Crippen LogP contribution in [0.3, 0.4) is 0 Å². The molecule has 9 nitrogen and oxygen atoms in total. The van der Waals surface area contributed by atoms with Gasteiger partial charge in [-0.25, -0.2) is 0 Å². The molecule has 1 heterocycles. The Morgan fingerprint density at radius 1 is 0.896 bits per heavy atom. The van der Waals surface area contributed by atoms with Crippen LogP contribution in [0.1, 0.15) is 54.9 Å². The number of nitrogens with zero attached hydrogens (tertiary/aromatic N) is 6. The second-order valence-corrected chi connectivity index (χ2v) is 11.5. The van der Waals surface area contributed by atoms with Gasteiger partial charge in [0.05, 0.1) is 31.2 Å². The Balaban J connectivity index is 1.73. The summed E-state index contributed by atoms with van der Waals surface area (Å²) in [6.07, 6.45) is -12.7. The van der Waals surface area contributed by atoms with E-state index < -0.39 is 47.7 Å². The molecule has 0 amide bonds. The minimum absolute atomic E-state index is 0.00222. The van der Waals surface area contributed by atoms with E-state index in [1.807, 2.05) is 11.8 Å². The second-order valence-electron chi connectivity index (χ2n) is 11.5. The van der Waals surface area contributed by atoms with Gasteiger partial charge in [-0.2, -0.15) is 31.1 Å². The first kappa shape index (κ1) is 36.6. The zero-order chi connectivity index (χ0) is 35.4. The van der Waals surface area contributed by atoms with Gasteiger partial charge >= 0.3 is 24.7 Å². The molecule has 48 heavy (non-hydrogen) atoms. The molecule has 0 saturated heterocycles. The minimum atomic E-state index is -5.10. The Morgan fingerprint density at radius 3 is 2.02 bits per heavy atom. The van der Waals surface area contributed by atoms with Crippen LogP contribution >= 0.6 is 0 Å². The molecule has 2 aromatic carbocycles. The molecule has 1 saturated carbocycles. The van der Waals surface area contributed by atoms with Gasteiger partial charge in [0, 0.05) is 31.9 Å². The van der Waals surface area contributed by atoms with Crippen molar-refractivity contribution in [3.63, 3.8) is 0 Å². The van der Waals surface area contributed by atoms with Crippen LogP contribution in [-0.4, -0.2) is 52.7 Å². The summed E-state index contributed by atoms with van der Waals surface area (Å²) in [7, 11) is 2.71. The maximum atomic E-state index is 13.6. The van der Waals surface area contributed by atoms with Crippen molar-refractivity contribution in [3.05, 3.63) is 58.7 Å². The number of methoxy groups -OCH3 is 1. The average molecular weight is 697 g/mol. The summed E-state index contributed by atoms with van der Waals surface area (Å²) in [5, 5.41) is 11.6. The molecule has 0 atom stereocenters. The van der Waals surface area contributed by atoms with Crippen LogP contribution in [0.25, 0.3) is 0 Å². The zero-order valence-corrected chi connectivity index (χ0v) is 26.1. The Labute approximate surface area is 269 Å². The number of ether oxygens (including phenoxy) is 2. The molecule has 0 spiro atoms. The number of esters is 1. The van der Waals surface area contributed by atoms with E-state index in [-0.39, 0.29) is 41.9 Å². The monoisotopic (exact) mass is 696 g/mol. The summed E-state index contributed by atoms with van der Waals surface area (Å²) in [5.74, 6) is -1.17. The first-order chi connectivity index (χ1) is 22.4. The maximum Gasteiger partial charge on any atom is 0.573 e. The molecule has 0 bridgehead atoms. The molecular weight excluding hydrogens is 663 g/mol. The summed E-state index contributed by atoms with van der Waals surface area (Å²) < 4.78 is 130. The lowest BCUT2D eigenvalue weighted by Gasteiger charge is -2.34. The fourth-order valence-electron chi connectivity index (χ4n) is 5.79. The van der Waals surface area contributed by atoms with E-state index in [0.717, 1.165) is 16.9 Å². The third kappa shape index (κ3) is 9.65. The van der Waals surface area contributed by atoms with Crippen LogP contribution in [0.5, 0.6) is 5.75 Å². The summed E-state index contributed by atoms with van der Waals surface area (Å²) in [6, 6.07) is 4.76. The molecule has 0 N–H and O–H groups in total. The fourth-order valence-corrected chi connectivity index (χ4v) is 5.79. The summed E-state index contributed by atoms with van der Waals surface area (Å²) in [6.45, 7) is 1.75. The highest BCUT2D eigenvalue weighted by Gasteiger charge is 2.37. The zero-order valence-electron chi connectivity index (χ0n) is 26.1. The SMILES string of the molecule is CCN(CC1CCC(C(=O)OC)CC1)c1ccc(OC(F)(F)F)cc1CN(Cc1cc(C(F)(F)F)cc(C(F)(F)F)c1)c1nnn(C)n1. The molecular formula is C30H33F9N6O3. The van der Waals surface area contributed by atoms with Crippen LogP contribution in [0.15, 0.2) is 36.4 Å². The molecule has 4 rings (SSSR count). The van der Waals surface area contributed by atoms with Gasteiger partial charge in [0.1, 0.15) is 5.75 Å². The molecule has 3 aromatic rings. The van der Waals surface area contributed by atoms with Crippen molar-refractivity contribution in [1.29, 1.82) is 0 Å². The van der Waals surface area contributed by atoms with Crippen molar-refractivity contribution in [1.82, 2.24) is 20.2 Å². The molecule has 0 aliphatic heterocycles. The van der Waals surface area contributed by atoms with Gasteiger partial charge in [-0.1, -0.05) is 5.10 Å². The molecule has 1 aliphatic carbocycles. The standard InChI is InChI=1S/C30H33F9N6O3/c1-4-44(15-18-5-7-20(8-6-18)26(46)47-3)25-10-9-24(48-30(37,38)39)13-21(25)17-45(27-40-42-43(2)41-27)16-19-11-22(28(31,32)33)14-23(12-19)29(34,35)36/h9-14,18,20H,4-8,15-17H2,1-3H3. The lowest BCUT2D eigenvalue weighted by Crippen LogP contribution is -2.34. The van der Waals surface area contributed by atoms with Crippen molar-refractivity contribution in [2.75, 3.05) is 30.0 Å². The predicted molar refractivity (Wildman–Crippen MR) is 154 cm³/mol. The van der Waals surface area contributed by atoms with Crippen LogP contribution in [0.4, 0.5) is 51.1 Å². The fraction of sp³-hybridized carbons (Fsp3) is 0.533. The van der Waals surface area contributed by atoms with Crippen LogP contribution < -0.4 is 14.5 Å². The number of rotatable bonds is 11. The molecule has 1 aromatic heterocycles. The van der Waals surface area contributed by atoms with E-state index in [1.54, 1.807) is 0 Å². The molecule has 0 unspecified atom stereocenters. The van der Waals surface area contributed by atoms with Gasteiger partial charge in [0.15, 0.2) is 0 Å². The van der Waals surface area contributed by atoms with Crippen molar-refractivity contribution >= 4 is 17.6 Å². The van der Waals surface area contributed by atoms with E-state index in [4.69, 9.17) is 4.74 Å². The third-order valence-corrected chi connectivity index (χ3v) is 8.03. The summed E-state index contributed by atoms with van der Waals surface area (Å²) in [5.41, 5.74) is -2.80. The van der Waals surface area contributed by atoms with Crippen molar-refractivity contribution in [2.45, 2.75) is 64.4 Å². The first-order valence-corrected chi connectivity index (χ1v) is 14.8. The van der Waals surface area contributed by atoms with Crippen LogP contribution in [0.2, 0.25) is 0 Å². The van der Waals surface area contributed by atoms with Gasteiger partial charge in [-0.3, -0.25) is 4.79 Å². The lowest BCUT2D eigenvalue weighted by atomic mass is 9.81. The number of carbonyl (C=O) groups excluding carboxylic acids is 1. The maximum absolute atomic E-state index is 13.6. The first-order valence-electron chi connectivity index (χ1n) is 14.8. The number of tetrazole rings is 1. The van der Waals surface area contributed by atoms with E-state index >= 15 is 0 Å². The highest BCUT2D eigenvalue weighted by Crippen LogP contribution is 2.38. The Morgan fingerprint density at radius 2 is 1.52 bits per heavy atom. The van der Waals surface area contributed by atoms with Crippen molar-refractivity contribution in [2.24, 2.45) is 18.9 Å². The Kier molecular flexibility index (Phi) is 11.0. The van der Waals surface area contributed by atoms with Crippen molar-refractivity contribution < 1.29 is 53.8 Å². The van der Waals surface area contributed by atoms with Crippen LogP contribution in [0, 0.1) is 11.8 Å². The lowest BCUT2D eigenvalue weighted by molar-refractivity contribution is -0.274. The highest BCUT2D eigenvalue weighted by atomic mass is 19.4. The van der Waals surface area contributed by atoms with Gasteiger partial charge < -0.3 is 19.3 Å². The number of aromatic nitrogens is 4. The summed E-state index contributed by atoms with van der Waals surface area (Å²) >= 11 is 0. The Bertz CT molecular complexity index is 1520. The number of benzene rings is 2. The third-order valence-electron chi connectivity index (χ3n) is 8.03. The Hall–Kier alpha value is -4.25. The average Bonchev–Trinajstić information content (AvgIpc) is 3.44. The number of hydrogen-bond acceptors (Lipinski definition) is 8. The van der Waals surface area contributed by atoms with Gasteiger partial charge in [0.25, 0.3) is 5.95 Å². The van der Waals surface area contributed by atoms with E-state index in [1.165, 1.54) is 25.1 Å². The predicted octanol–water partition coefficient (Wildman–Crippen LogP) is 7.16. The minimum Gasteiger partial charge on any atom is -0.469 e. The highest BCUT2D eigenvalue weighted by molar-refractivity contribution is 5.72. The smallest absolute Gasteiger partial charge is 0.469 e.